The molecule has 0 aliphatic carbocycles. The third kappa shape index (κ3) is 1.03. The average Bonchev–Trinajstić information content (AvgIpc) is 1.64. The van der Waals surface area contributed by atoms with Gasteiger partial charge in [-0.3, -0.25) is 0 Å². The first-order valence-electron chi connectivity index (χ1n) is 2.57. The van der Waals surface area contributed by atoms with Crippen molar-refractivity contribution in [3.8, 4) is 0 Å². The number of rotatable bonds is 0. The Bertz CT molecular complexity index is 166. The van der Waals surface area contributed by atoms with E-state index in [0.29, 0.717) is 0 Å². The highest BCUT2D eigenvalue weighted by Gasteiger charge is 1.88. The number of aromatic nitrogens is 2. The maximum atomic E-state index is 4.02. The Hall–Kier alpha value is -0.920. The molecule has 0 bridgehead atoms. The Labute approximate surface area is 48.8 Å². The zero-order valence-electron chi connectivity index (χ0n) is 5.13. The van der Waals surface area contributed by atoms with Crippen LogP contribution in [-0.4, -0.2) is 4.98 Å². The van der Waals surface area contributed by atoms with Crippen LogP contribution in [0, 0.1) is 6.92 Å². The Morgan fingerprint density at radius 1 is 1.62 bits per heavy atom. The third-order valence-electron chi connectivity index (χ3n) is 0.970. The summed E-state index contributed by atoms with van der Waals surface area (Å²) < 4.78 is 1.97. The van der Waals surface area contributed by atoms with Crippen molar-refractivity contribution in [1.82, 2.24) is 4.98 Å². The number of aryl methyl sites for hydroxylation is 2. The number of nitrogens with zero attached hydrogens (tertiary/aromatic N) is 2. The summed E-state index contributed by atoms with van der Waals surface area (Å²) in [6, 6.07) is 0. The predicted molar refractivity (Wildman–Crippen MR) is 30.1 cm³/mol. The summed E-state index contributed by atoms with van der Waals surface area (Å²) in [5, 5.41) is 0. The van der Waals surface area contributed by atoms with Crippen LogP contribution in [-0.2, 0) is 7.05 Å². The van der Waals surface area contributed by atoms with Crippen molar-refractivity contribution in [2.45, 2.75) is 6.92 Å². The normalized spacial score (nSPS) is 9.25. The first kappa shape index (κ1) is 5.22. The molecule has 0 saturated carbocycles. The van der Waals surface area contributed by atoms with Gasteiger partial charge in [0.1, 0.15) is 12.7 Å². The van der Waals surface area contributed by atoms with Gasteiger partial charge in [0.2, 0.25) is 0 Å². The van der Waals surface area contributed by atoms with Gasteiger partial charge in [-0.05, 0) is 6.92 Å². The van der Waals surface area contributed by atoms with E-state index < -0.39 is 0 Å². The van der Waals surface area contributed by atoms with Crippen LogP contribution >= 0.6 is 0 Å². The Morgan fingerprint density at radius 3 is 2.75 bits per heavy atom. The monoisotopic (exact) mass is 109 g/mol. The molecule has 8 heavy (non-hydrogen) atoms. The van der Waals surface area contributed by atoms with E-state index >= 15 is 0 Å². The quantitative estimate of drug-likeness (QED) is 0.435. The second-order valence-electron chi connectivity index (χ2n) is 1.86. The summed E-state index contributed by atoms with van der Waals surface area (Å²) in [5.41, 5.74) is 1.05. The summed E-state index contributed by atoms with van der Waals surface area (Å²) >= 11 is 0. The lowest BCUT2D eigenvalue weighted by Gasteiger charge is -1.84. The van der Waals surface area contributed by atoms with Crippen LogP contribution in [0.25, 0.3) is 0 Å². The standard InChI is InChI=1S/C6H9N2/c1-6-5-8(2)4-3-7-6/h3-5H,1-2H3/q+1. The van der Waals surface area contributed by atoms with E-state index in [9.17, 15) is 0 Å². The lowest BCUT2D eigenvalue weighted by molar-refractivity contribution is -0.672. The van der Waals surface area contributed by atoms with Gasteiger partial charge in [-0.2, -0.15) is 0 Å². The minimum absolute atomic E-state index is 1.05. The molecule has 2 nitrogen and oxygen atoms in total. The predicted octanol–water partition coefficient (Wildman–Crippen LogP) is 0.215. The average molecular weight is 109 g/mol. The summed E-state index contributed by atoms with van der Waals surface area (Å²) in [6.07, 6.45) is 5.67. The van der Waals surface area contributed by atoms with Gasteiger partial charge in [0.15, 0.2) is 12.4 Å². The lowest BCUT2D eigenvalue weighted by Crippen LogP contribution is -2.26. The van der Waals surface area contributed by atoms with E-state index in [0.717, 1.165) is 5.69 Å². The number of hydrogen-bond acceptors (Lipinski definition) is 1. The van der Waals surface area contributed by atoms with Crippen molar-refractivity contribution < 1.29 is 4.57 Å². The van der Waals surface area contributed by atoms with Crippen molar-refractivity contribution >= 4 is 0 Å². The second-order valence-corrected chi connectivity index (χ2v) is 1.86. The van der Waals surface area contributed by atoms with Gasteiger partial charge in [0.25, 0.3) is 0 Å². The van der Waals surface area contributed by atoms with E-state index in [4.69, 9.17) is 0 Å². The molecule has 1 rings (SSSR count). The minimum Gasteiger partial charge on any atom is -0.249 e. The van der Waals surface area contributed by atoms with E-state index in [1.165, 1.54) is 0 Å². The molecule has 2 heteroatoms. The molecular formula is C6H9N2+. The van der Waals surface area contributed by atoms with Crippen LogP contribution in [0.15, 0.2) is 18.6 Å². The molecule has 1 heterocycles. The zero-order valence-corrected chi connectivity index (χ0v) is 5.13. The van der Waals surface area contributed by atoms with Crippen LogP contribution < -0.4 is 4.57 Å². The highest BCUT2D eigenvalue weighted by molar-refractivity contribution is 4.83. The van der Waals surface area contributed by atoms with Gasteiger partial charge < -0.3 is 0 Å². The smallest absolute Gasteiger partial charge is 0.189 e. The summed E-state index contributed by atoms with van der Waals surface area (Å²) in [5.74, 6) is 0. The summed E-state index contributed by atoms with van der Waals surface area (Å²) in [7, 11) is 1.98. The van der Waals surface area contributed by atoms with Crippen molar-refractivity contribution in [3.05, 3.63) is 24.3 Å². The number of hydrogen-bond donors (Lipinski definition) is 0. The largest absolute Gasteiger partial charge is 0.249 e. The fourth-order valence-electron chi connectivity index (χ4n) is 0.627. The van der Waals surface area contributed by atoms with Crippen molar-refractivity contribution in [2.75, 3.05) is 0 Å². The molecule has 1 aromatic rings. The zero-order chi connectivity index (χ0) is 5.98. The molecule has 0 amide bonds. The van der Waals surface area contributed by atoms with Gasteiger partial charge in [-0.15, -0.1) is 0 Å². The molecule has 0 aliphatic heterocycles. The van der Waals surface area contributed by atoms with Crippen LogP contribution in [0.4, 0.5) is 0 Å². The lowest BCUT2D eigenvalue weighted by atomic mass is 10.5. The fraction of sp³-hybridized carbons (Fsp3) is 0.333. The molecule has 0 fully saturated rings. The molecule has 0 N–H and O–H groups in total. The Kier molecular flexibility index (Phi) is 1.24. The molecule has 0 radical (unpaired) electrons. The maximum absolute atomic E-state index is 4.02. The molecule has 0 spiro atoms. The minimum atomic E-state index is 1.05. The van der Waals surface area contributed by atoms with E-state index in [1.807, 2.05) is 30.9 Å². The Balaban J connectivity index is 3.08. The van der Waals surface area contributed by atoms with Gasteiger partial charge in [0, 0.05) is 0 Å². The molecule has 0 unspecified atom stereocenters. The van der Waals surface area contributed by atoms with E-state index in [2.05, 4.69) is 4.98 Å². The molecule has 0 aromatic carbocycles. The van der Waals surface area contributed by atoms with Crippen molar-refractivity contribution in [3.63, 3.8) is 0 Å². The van der Waals surface area contributed by atoms with Gasteiger partial charge in [-0.25, -0.2) is 9.55 Å². The van der Waals surface area contributed by atoms with E-state index in [1.54, 1.807) is 6.20 Å². The van der Waals surface area contributed by atoms with E-state index in [-0.39, 0.29) is 0 Å². The molecule has 0 saturated heterocycles. The second kappa shape index (κ2) is 1.90. The highest BCUT2D eigenvalue weighted by Crippen LogP contribution is 1.79. The molecule has 42 valence electrons. The first-order chi connectivity index (χ1) is 3.79. The first-order valence-corrected chi connectivity index (χ1v) is 2.57. The van der Waals surface area contributed by atoms with Gasteiger partial charge in [-0.1, -0.05) is 0 Å². The van der Waals surface area contributed by atoms with Crippen LogP contribution in [0.5, 0.6) is 0 Å². The van der Waals surface area contributed by atoms with Crippen molar-refractivity contribution in [2.24, 2.45) is 7.05 Å². The molecule has 0 atom stereocenters. The van der Waals surface area contributed by atoms with Crippen molar-refractivity contribution in [1.29, 1.82) is 0 Å². The SMILES string of the molecule is Cc1c[n+](C)ccn1. The summed E-state index contributed by atoms with van der Waals surface area (Å²) in [4.78, 5) is 4.02. The molecule has 0 aliphatic rings. The fourth-order valence-corrected chi connectivity index (χ4v) is 0.627. The van der Waals surface area contributed by atoms with Gasteiger partial charge >= 0.3 is 0 Å². The van der Waals surface area contributed by atoms with Crippen LogP contribution in [0.2, 0.25) is 0 Å². The molecular weight excluding hydrogens is 100 g/mol. The van der Waals surface area contributed by atoms with Crippen LogP contribution in [0.1, 0.15) is 5.69 Å². The molecule has 1 aromatic heterocycles. The summed E-state index contributed by atoms with van der Waals surface area (Å²) in [6.45, 7) is 1.97. The third-order valence-corrected chi connectivity index (χ3v) is 0.970. The maximum Gasteiger partial charge on any atom is 0.189 e. The Morgan fingerprint density at radius 2 is 2.38 bits per heavy atom. The van der Waals surface area contributed by atoms with Gasteiger partial charge in [0.05, 0.1) is 6.20 Å². The van der Waals surface area contributed by atoms with Crippen LogP contribution in [0.3, 0.4) is 0 Å². The topological polar surface area (TPSA) is 16.8 Å². The highest BCUT2D eigenvalue weighted by atomic mass is 14.9.